The summed E-state index contributed by atoms with van der Waals surface area (Å²) in [6.45, 7) is 4.56. The molecule has 0 aromatic carbocycles. The maximum Gasteiger partial charge on any atom is 0.00574 e. The normalized spacial score (nSPS) is 25.3. The Bertz CT molecular complexity index is 140. The Morgan fingerprint density at radius 2 is 1.44 bits per heavy atom. The monoisotopic (exact) mass is 252 g/mol. The molecule has 52 valence electrons. The van der Waals surface area contributed by atoms with Crippen molar-refractivity contribution in [3.63, 3.8) is 0 Å². The van der Waals surface area contributed by atoms with Gasteiger partial charge in [0, 0.05) is 8.96 Å². The molecule has 0 saturated carbocycles. The topological polar surface area (TPSA) is 0 Å². The van der Waals surface area contributed by atoms with Crippen molar-refractivity contribution in [2.75, 3.05) is 0 Å². The maximum absolute atomic E-state index is 3.51. The van der Waals surface area contributed by atoms with E-state index in [1.807, 2.05) is 0 Å². The van der Waals surface area contributed by atoms with Crippen LogP contribution >= 0.6 is 31.9 Å². The molecule has 0 heterocycles. The van der Waals surface area contributed by atoms with Crippen LogP contribution in [0.15, 0.2) is 8.96 Å². The van der Waals surface area contributed by atoms with Gasteiger partial charge in [0.1, 0.15) is 0 Å². The van der Waals surface area contributed by atoms with E-state index in [9.17, 15) is 0 Å². The van der Waals surface area contributed by atoms with Crippen molar-refractivity contribution < 1.29 is 0 Å². The summed E-state index contributed by atoms with van der Waals surface area (Å²) < 4.78 is 2.68. The van der Waals surface area contributed by atoms with Crippen molar-refractivity contribution in [2.24, 2.45) is 5.41 Å². The van der Waals surface area contributed by atoms with Crippen molar-refractivity contribution in [2.45, 2.75) is 26.7 Å². The van der Waals surface area contributed by atoms with Crippen LogP contribution in [0.2, 0.25) is 0 Å². The van der Waals surface area contributed by atoms with E-state index in [-0.39, 0.29) is 0 Å². The molecule has 0 aromatic heterocycles. The first kappa shape index (κ1) is 7.80. The molecule has 0 amide bonds. The van der Waals surface area contributed by atoms with Gasteiger partial charge >= 0.3 is 0 Å². The fraction of sp³-hybridized carbons (Fsp3) is 0.714. The summed E-state index contributed by atoms with van der Waals surface area (Å²) in [4.78, 5) is 0. The average molecular weight is 254 g/mol. The molecule has 1 aliphatic carbocycles. The molecular formula is C7H10Br2. The molecule has 0 atom stereocenters. The van der Waals surface area contributed by atoms with Gasteiger partial charge in [0.2, 0.25) is 0 Å². The maximum atomic E-state index is 3.51. The van der Waals surface area contributed by atoms with Crippen molar-refractivity contribution in [1.29, 1.82) is 0 Å². The van der Waals surface area contributed by atoms with Crippen molar-refractivity contribution in [1.82, 2.24) is 0 Å². The summed E-state index contributed by atoms with van der Waals surface area (Å²) in [5.74, 6) is 0. The van der Waals surface area contributed by atoms with Gasteiger partial charge in [0.25, 0.3) is 0 Å². The van der Waals surface area contributed by atoms with E-state index in [0.29, 0.717) is 5.41 Å². The second-order valence-electron chi connectivity index (χ2n) is 3.33. The lowest BCUT2D eigenvalue weighted by Gasteiger charge is -2.15. The van der Waals surface area contributed by atoms with E-state index in [1.54, 1.807) is 0 Å². The van der Waals surface area contributed by atoms with Gasteiger partial charge in [-0.15, -0.1) is 0 Å². The Labute approximate surface area is 73.0 Å². The van der Waals surface area contributed by atoms with Gasteiger partial charge in [-0.2, -0.15) is 0 Å². The Morgan fingerprint density at radius 3 is 1.56 bits per heavy atom. The summed E-state index contributed by atoms with van der Waals surface area (Å²) >= 11 is 7.02. The first-order valence-electron chi connectivity index (χ1n) is 3.04. The molecule has 0 radical (unpaired) electrons. The predicted molar refractivity (Wildman–Crippen MR) is 47.9 cm³/mol. The molecule has 0 bridgehead atoms. The fourth-order valence-corrected chi connectivity index (χ4v) is 2.89. The summed E-state index contributed by atoms with van der Waals surface area (Å²) in [5.41, 5.74) is 0.470. The zero-order valence-corrected chi connectivity index (χ0v) is 8.84. The summed E-state index contributed by atoms with van der Waals surface area (Å²) in [5, 5.41) is 0. The first-order valence-corrected chi connectivity index (χ1v) is 4.63. The number of halogens is 2. The van der Waals surface area contributed by atoms with Crippen LogP contribution in [-0.4, -0.2) is 0 Å². The molecule has 2 heteroatoms. The summed E-state index contributed by atoms with van der Waals surface area (Å²) in [6, 6.07) is 0. The van der Waals surface area contributed by atoms with Gasteiger partial charge in [-0.05, 0) is 18.3 Å². The van der Waals surface area contributed by atoms with E-state index in [0.717, 1.165) is 0 Å². The largest absolute Gasteiger partial charge is 0.0592 e. The van der Waals surface area contributed by atoms with Crippen LogP contribution in [0.25, 0.3) is 0 Å². The van der Waals surface area contributed by atoms with E-state index in [2.05, 4.69) is 45.7 Å². The van der Waals surface area contributed by atoms with Gasteiger partial charge in [0.05, 0.1) is 0 Å². The van der Waals surface area contributed by atoms with E-state index in [4.69, 9.17) is 0 Å². The second-order valence-corrected chi connectivity index (χ2v) is 5.24. The highest BCUT2D eigenvalue weighted by Crippen LogP contribution is 2.45. The highest BCUT2D eigenvalue weighted by atomic mass is 79.9. The predicted octanol–water partition coefficient (Wildman–Crippen LogP) is 3.81. The number of hydrogen-bond donors (Lipinski definition) is 0. The molecule has 9 heavy (non-hydrogen) atoms. The van der Waals surface area contributed by atoms with E-state index in [1.165, 1.54) is 21.8 Å². The molecular weight excluding hydrogens is 244 g/mol. The first-order chi connectivity index (χ1) is 4.01. The van der Waals surface area contributed by atoms with Gasteiger partial charge in [0.15, 0.2) is 0 Å². The van der Waals surface area contributed by atoms with Crippen LogP contribution < -0.4 is 0 Å². The molecule has 0 saturated heterocycles. The second kappa shape index (κ2) is 2.39. The lowest BCUT2D eigenvalue weighted by atomic mass is 9.91. The molecule has 0 spiro atoms. The third-order valence-electron chi connectivity index (χ3n) is 1.56. The Kier molecular flexibility index (Phi) is 2.07. The van der Waals surface area contributed by atoms with Crippen molar-refractivity contribution in [3.8, 4) is 0 Å². The number of rotatable bonds is 0. The lowest BCUT2D eigenvalue weighted by molar-refractivity contribution is 0.397. The molecule has 1 rings (SSSR count). The number of allylic oxidation sites excluding steroid dienone is 2. The van der Waals surface area contributed by atoms with Gasteiger partial charge < -0.3 is 0 Å². The number of hydrogen-bond acceptors (Lipinski definition) is 0. The molecule has 0 aliphatic heterocycles. The molecule has 0 aromatic rings. The molecule has 0 nitrogen and oxygen atoms in total. The molecule has 1 aliphatic rings. The minimum Gasteiger partial charge on any atom is -0.0592 e. The quantitative estimate of drug-likeness (QED) is 0.616. The van der Waals surface area contributed by atoms with Crippen molar-refractivity contribution >= 4 is 31.9 Å². The molecule has 0 fully saturated rings. The highest BCUT2D eigenvalue weighted by molar-refractivity contribution is 9.14. The summed E-state index contributed by atoms with van der Waals surface area (Å²) in [7, 11) is 0. The fourth-order valence-electron chi connectivity index (χ4n) is 1.09. The van der Waals surface area contributed by atoms with Crippen LogP contribution in [-0.2, 0) is 0 Å². The van der Waals surface area contributed by atoms with Crippen LogP contribution in [0, 0.1) is 5.41 Å². The minimum atomic E-state index is 0.470. The SMILES string of the molecule is CC1(C)CC(Br)=C(Br)C1. The van der Waals surface area contributed by atoms with Crippen molar-refractivity contribution in [3.05, 3.63) is 8.96 Å². The van der Waals surface area contributed by atoms with E-state index < -0.39 is 0 Å². The van der Waals surface area contributed by atoms with Crippen LogP contribution in [0.4, 0.5) is 0 Å². The Morgan fingerprint density at radius 1 is 1.11 bits per heavy atom. The van der Waals surface area contributed by atoms with Gasteiger partial charge in [-0.25, -0.2) is 0 Å². The third-order valence-corrected chi connectivity index (χ3v) is 3.61. The molecule has 0 unspecified atom stereocenters. The molecule has 0 N–H and O–H groups in total. The van der Waals surface area contributed by atoms with Crippen LogP contribution in [0.1, 0.15) is 26.7 Å². The van der Waals surface area contributed by atoms with Gasteiger partial charge in [-0.3, -0.25) is 0 Å². The Hall–Kier alpha value is 0.700. The van der Waals surface area contributed by atoms with Gasteiger partial charge in [-0.1, -0.05) is 45.7 Å². The third kappa shape index (κ3) is 1.81. The summed E-state index contributed by atoms with van der Waals surface area (Å²) in [6.07, 6.45) is 2.35. The van der Waals surface area contributed by atoms with E-state index >= 15 is 0 Å². The zero-order valence-electron chi connectivity index (χ0n) is 5.67. The lowest BCUT2D eigenvalue weighted by Crippen LogP contribution is -2.03. The average Bonchev–Trinajstić information content (AvgIpc) is 1.79. The zero-order chi connectivity index (χ0) is 7.07. The standard InChI is InChI=1S/C7H10Br2/c1-7(2)3-5(8)6(9)4-7/h3-4H2,1-2H3. The smallest absolute Gasteiger partial charge is 0.00574 e. The Balaban J connectivity index is 2.70. The van der Waals surface area contributed by atoms with Crippen LogP contribution in [0.3, 0.4) is 0 Å². The minimum absolute atomic E-state index is 0.470. The van der Waals surface area contributed by atoms with Crippen LogP contribution in [0.5, 0.6) is 0 Å². The highest BCUT2D eigenvalue weighted by Gasteiger charge is 2.27.